The summed E-state index contributed by atoms with van der Waals surface area (Å²) in [6.45, 7) is 8.14. The van der Waals surface area contributed by atoms with E-state index >= 15 is 0 Å². The summed E-state index contributed by atoms with van der Waals surface area (Å²) in [5, 5.41) is 5.86. The molecule has 0 saturated carbocycles. The van der Waals surface area contributed by atoms with E-state index in [1.807, 2.05) is 32.0 Å². The maximum atomic E-state index is 12.2. The van der Waals surface area contributed by atoms with Crippen LogP contribution >= 0.6 is 0 Å². The Labute approximate surface area is 124 Å². The Morgan fingerprint density at radius 2 is 2.10 bits per heavy atom. The topological polar surface area (TPSA) is 66.9 Å². The summed E-state index contributed by atoms with van der Waals surface area (Å²) in [5.74, 6) is 0.338. The Hall–Kier alpha value is -2.69. The highest BCUT2D eigenvalue weighted by Gasteiger charge is 2.10. The van der Waals surface area contributed by atoms with E-state index in [0.29, 0.717) is 12.4 Å². The lowest BCUT2D eigenvalue weighted by Gasteiger charge is -2.09. The molecule has 2 rings (SSSR count). The molecule has 0 radical (unpaired) electrons. The number of benzene rings is 1. The van der Waals surface area contributed by atoms with Crippen LogP contribution in [0, 0.1) is 13.8 Å². The van der Waals surface area contributed by atoms with Crippen LogP contribution in [0.25, 0.3) is 0 Å². The number of amides is 1. The lowest BCUT2D eigenvalue weighted by Crippen LogP contribution is -2.15. The van der Waals surface area contributed by atoms with Gasteiger partial charge in [-0.25, -0.2) is 9.97 Å². The molecule has 5 nitrogen and oxygen atoms in total. The van der Waals surface area contributed by atoms with Gasteiger partial charge < -0.3 is 10.6 Å². The zero-order valence-corrected chi connectivity index (χ0v) is 12.2. The fourth-order valence-electron chi connectivity index (χ4n) is 1.77. The normalized spacial score (nSPS) is 10.0. The molecule has 1 aromatic heterocycles. The molecule has 0 aliphatic rings. The van der Waals surface area contributed by atoms with Crippen LogP contribution in [0.5, 0.6) is 0 Å². The van der Waals surface area contributed by atoms with Crippen LogP contribution in [-0.2, 0) is 0 Å². The van der Waals surface area contributed by atoms with Gasteiger partial charge in [0, 0.05) is 12.2 Å². The van der Waals surface area contributed by atoms with E-state index in [4.69, 9.17) is 0 Å². The second-order valence-electron chi connectivity index (χ2n) is 4.73. The van der Waals surface area contributed by atoms with Gasteiger partial charge in [0.15, 0.2) is 0 Å². The highest BCUT2D eigenvalue weighted by atomic mass is 16.1. The summed E-state index contributed by atoms with van der Waals surface area (Å²) in [5.41, 5.74) is 3.16. The lowest BCUT2D eigenvalue weighted by molar-refractivity contribution is 0.102. The minimum atomic E-state index is -0.272. The van der Waals surface area contributed by atoms with Crippen LogP contribution in [0.1, 0.15) is 21.6 Å². The summed E-state index contributed by atoms with van der Waals surface area (Å²) in [6, 6.07) is 5.91. The minimum Gasteiger partial charge on any atom is -0.365 e. The number of rotatable bonds is 5. The minimum absolute atomic E-state index is 0.272. The van der Waals surface area contributed by atoms with E-state index in [1.54, 1.807) is 6.08 Å². The Kier molecular flexibility index (Phi) is 4.66. The van der Waals surface area contributed by atoms with Crippen molar-refractivity contribution in [3.05, 3.63) is 60.1 Å². The molecule has 0 aliphatic carbocycles. The van der Waals surface area contributed by atoms with Crippen molar-refractivity contribution in [3.8, 4) is 0 Å². The molecule has 1 aromatic carbocycles. The quantitative estimate of drug-likeness (QED) is 0.827. The number of carbonyl (C=O) groups excluding carboxylic acids is 1. The summed E-state index contributed by atoms with van der Waals surface area (Å²) in [7, 11) is 0. The van der Waals surface area contributed by atoms with Gasteiger partial charge in [0.1, 0.15) is 11.5 Å². The Morgan fingerprint density at radius 1 is 1.29 bits per heavy atom. The fraction of sp³-hybridized carbons (Fsp3) is 0.188. The van der Waals surface area contributed by atoms with Gasteiger partial charge in [-0.2, -0.15) is 0 Å². The molecule has 108 valence electrons. The number of carbonyl (C=O) groups is 1. The van der Waals surface area contributed by atoms with Crippen molar-refractivity contribution in [1.29, 1.82) is 0 Å². The summed E-state index contributed by atoms with van der Waals surface area (Å²) in [4.78, 5) is 20.4. The van der Waals surface area contributed by atoms with Gasteiger partial charge in [0.2, 0.25) is 0 Å². The molecular formula is C16H18N4O. The number of nitrogens with one attached hydrogen (secondary N) is 2. The number of nitrogens with zero attached hydrogens (tertiary/aromatic N) is 2. The smallest absolute Gasteiger partial charge is 0.275 e. The molecule has 2 N–H and O–H groups in total. The molecule has 0 saturated heterocycles. The first kappa shape index (κ1) is 14.7. The van der Waals surface area contributed by atoms with E-state index in [2.05, 4.69) is 27.2 Å². The summed E-state index contributed by atoms with van der Waals surface area (Å²) >= 11 is 0. The second kappa shape index (κ2) is 6.65. The van der Waals surface area contributed by atoms with Crippen LogP contribution in [0.15, 0.2) is 43.2 Å². The highest BCUT2D eigenvalue weighted by Crippen LogP contribution is 2.17. The molecule has 0 unspecified atom stereocenters. The van der Waals surface area contributed by atoms with Crippen LogP contribution < -0.4 is 10.6 Å². The maximum Gasteiger partial charge on any atom is 0.275 e. The first-order valence-electron chi connectivity index (χ1n) is 6.65. The van der Waals surface area contributed by atoms with Crippen molar-refractivity contribution >= 4 is 17.4 Å². The van der Waals surface area contributed by atoms with Gasteiger partial charge in [0.25, 0.3) is 5.91 Å². The van der Waals surface area contributed by atoms with Crippen molar-refractivity contribution in [2.75, 3.05) is 17.2 Å². The summed E-state index contributed by atoms with van der Waals surface area (Å²) < 4.78 is 0. The summed E-state index contributed by atoms with van der Waals surface area (Å²) in [6.07, 6.45) is 4.70. The second-order valence-corrected chi connectivity index (χ2v) is 4.73. The number of aryl methyl sites for hydroxylation is 2. The van der Waals surface area contributed by atoms with Gasteiger partial charge >= 0.3 is 0 Å². The monoisotopic (exact) mass is 282 g/mol. The van der Waals surface area contributed by atoms with Crippen LogP contribution in [0.4, 0.5) is 11.5 Å². The van der Waals surface area contributed by atoms with E-state index in [1.165, 1.54) is 12.4 Å². The lowest BCUT2D eigenvalue weighted by atomic mass is 10.1. The van der Waals surface area contributed by atoms with E-state index in [0.717, 1.165) is 16.8 Å². The number of hydrogen-bond acceptors (Lipinski definition) is 4. The average molecular weight is 282 g/mol. The molecular weight excluding hydrogens is 264 g/mol. The number of hydrogen-bond donors (Lipinski definition) is 2. The van der Waals surface area contributed by atoms with Crippen LogP contribution in [0.2, 0.25) is 0 Å². The van der Waals surface area contributed by atoms with Crippen molar-refractivity contribution in [1.82, 2.24) is 9.97 Å². The number of anilines is 2. The molecule has 0 aliphatic heterocycles. The molecule has 5 heteroatoms. The largest absolute Gasteiger partial charge is 0.365 e. The van der Waals surface area contributed by atoms with Gasteiger partial charge in [-0.05, 0) is 31.0 Å². The van der Waals surface area contributed by atoms with Crippen molar-refractivity contribution in [3.63, 3.8) is 0 Å². The van der Waals surface area contributed by atoms with Gasteiger partial charge in [-0.15, -0.1) is 6.58 Å². The van der Waals surface area contributed by atoms with Crippen molar-refractivity contribution < 1.29 is 4.79 Å². The molecule has 21 heavy (non-hydrogen) atoms. The highest BCUT2D eigenvalue weighted by molar-refractivity contribution is 6.03. The third kappa shape index (κ3) is 3.89. The Morgan fingerprint density at radius 3 is 2.76 bits per heavy atom. The Bertz CT molecular complexity index is 650. The van der Waals surface area contributed by atoms with Crippen LogP contribution in [-0.4, -0.2) is 22.4 Å². The molecule has 0 bridgehead atoms. The average Bonchev–Trinajstić information content (AvgIpc) is 2.49. The molecule has 1 amide bonds. The van der Waals surface area contributed by atoms with E-state index in [-0.39, 0.29) is 11.6 Å². The molecule has 0 fully saturated rings. The van der Waals surface area contributed by atoms with E-state index < -0.39 is 0 Å². The third-order valence-electron chi connectivity index (χ3n) is 2.95. The molecule has 2 aromatic rings. The zero-order valence-electron chi connectivity index (χ0n) is 12.2. The predicted molar refractivity (Wildman–Crippen MR) is 84.6 cm³/mol. The van der Waals surface area contributed by atoms with Crippen molar-refractivity contribution in [2.45, 2.75) is 13.8 Å². The van der Waals surface area contributed by atoms with Gasteiger partial charge in [-0.1, -0.05) is 18.2 Å². The molecule has 0 spiro atoms. The molecule has 1 heterocycles. The fourth-order valence-corrected chi connectivity index (χ4v) is 1.77. The van der Waals surface area contributed by atoms with Crippen molar-refractivity contribution in [2.24, 2.45) is 0 Å². The SMILES string of the molecule is C=CCNc1cnc(C(=O)Nc2cc(C)ccc2C)cn1. The predicted octanol–water partition coefficient (Wildman–Crippen LogP) is 2.94. The first-order chi connectivity index (χ1) is 10.1. The third-order valence-corrected chi connectivity index (χ3v) is 2.95. The van der Waals surface area contributed by atoms with E-state index in [9.17, 15) is 4.79 Å². The first-order valence-corrected chi connectivity index (χ1v) is 6.65. The number of aromatic nitrogens is 2. The zero-order chi connectivity index (χ0) is 15.2. The maximum absolute atomic E-state index is 12.2. The molecule has 0 atom stereocenters. The van der Waals surface area contributed by atoms with Crippen LogP contribution in [0.3, 0.4) is 0 Å². The van der Waals surface area contributed by atoms with Gasteiger partial charge in [0.05, 0.1) is 12.4 Å². The Balaban J connectivity index is 2.09. The van der Waals surface area contributed by atoms with Gasteiger partial charge in [-0.3, -0.25) is 4.79 Å². The standard InChI is InChI=1S/C16H18N4O/c1-4-7-17-15-10-18-14(9-19-15)16(21)20-13-8-11(2)5-6-12(13)3/h4-6,8-10H,1,7H2,2-3H3,(H,17,19)(H,20,21).